The molecule has 2 aromatic rings. The zero-order valence-electron chi connectivity index (χ0n) is 16.0. The predicted octanol–water partition coefficient (Wildman–Crippen LogP) is 4.68. The third kappa shape index (κ3) is 3.41. The van der Waals surface area contributed by atoms with Crippen LogP contribution in [0, 0.1) is 17.8 Å². The van der Waals surface area contributed by atoms with Crippen LogP contribution in [0.25, 0.3) is 0 Å². The summed E-state index contributed by atoms with van der Waals surface area (Å²) >= 11 is 9.53. The van der Waals surface area contributed by atoms with Crippen LogP contribution in [0.5, 0.6) is 5.75 Å². The first-order valence-corrected chi connectivity index (χ1v) is 12.1. The van der Waals surface area contributed by atoms with Crippen molar-refractivity contribution >= 4 is 40.7 Å². The summed E-state index contributed by atoms with van der Waals surface area (Å²) in [6.07, 6.45) is 3.78. The molecule has 2 fully saturated rings. The average Bonchev–Trinajstić information content (AvgIpc) is 3.39. The van der Waals surface area contributed by atoms with Crippen LogP contribution in [0.1, 0.15) is 42.5 Å². The Bertz CT molecular complexity index is 1000. The summed E-state index contributed by atoms with van der Waals surface area (Å²) in [5.41, 5.74) is 0.973. The number of thiazole rings is 1. The van der Waals surface area contributed by atoms with E-state index in [2.05, 4.69) is 4.98 Å². The predicted molar refractivity (Wildman–Crippen MR) is 114 cm³/mol. The Morgan fingerprint density at radius 3 is 2.97 bits per heavy atom. The number of fused-ring (bicyclic) bond motifs is 6. The van der Waals surface area contributed by atoms with Crippen LogP contribution >= 0.6 is 34.7 Å². The van der Waals surface area contributed by atoms with Crippen molar-refractivity contribution < 1.29 is 14.3 Å². The molecule has 154 valence electrons. The maximum Gasteiger partial charge on any atom is 0.344 e. The molecule has 1 aliphatic heterocycles. The van der Waals surface area contributed by atoms with E-state index in [1.165, 1.54) is 30.6 Å². The van der Waals surface area contributed by atoms with Crippen molar-refractivity contribution in [2.45, 2.75) is 42.4 Å². The van der Waals surface area contributed by atoms with Crippen LogP contribution in [0.15, 0.2) is 28.0 Å². The molecular weight excluding hydrogens is 430 g/mol. The van der Waals surface area contributed by atoms with E-state index in [4.69, 9.17) is 21.1 Å². The fraction of sp³-hybridized carbons (Fsp3) is 0.524. The number of hydrogen-bond donors (Lipinski definition) is 1. The number of H-pyrrole nitrogens is 1. The van der Waals surface area contributed by atoms with Crippen LogP contribution in [-0.4, -0.2) is 29.4 Å². The van der Waals surface area contributed by atoms with Gasteiger partial charge in [-0.2, -0.15) is 0 Å². The number of carbonyl (C=O) groups is 1. The van der Waals surface area contributed by atoms with E-state index in [1.54, 1.807) is 13.0 Å². The number of halogens is 1. The van der Waals surface area contributed by atoms with Gasteiger partial charge in [-0.05, 0) is 62.1 Å². The lowest BCUT2D eigenvalue weighted by atomic mass is 9.74. The summed E-state index contributed by atoms with van der Waals surface area (Å²) < 4.78 is 10.9. The molecule has 0 amide bonds. The minimum Gasteiger partial charge on any atom is -0.482 e. The topological polar surface area (TPSA) is 68.4 Å². The van der Waals surface area contributed by atoms with E-state index >= 15 is 0 Å². The number of benzene rings is 1. The highest BCUT2D eigenvalue weighted by Gasteiger charge is 2.55. The van der Waals surface area contributed by atoms with Crippen LogP contribution in [0.2, 0.25) is 5.02 Å². The molecule has 2 aliphatic carbocycles. The fourth-order valence-corrected chi connectivity index (χ4v) is 8.50. The van der Waals surface area contributed by atoms with E-state index < -0.39 is 5.97 Å². The number of aromatic amines is 1. The normalized spacial score (nSPS) is 29.4. The summed E-state index contributed by atoms with van der Waals surface area (Å²) in [5.74, 6) is 2.14. The molecule has 2 saturated carbocycles. The molecule has 0 radical (unpaired) electrons. The van der Waals surface area contributed by atoms with Gasteiger partial charge in [-0.25, -0.2) is 4.79 Å². The number of esters is 1. The Balaban J connectivity index is 1.57. The van der Waals surface area contributed by atoms with Crippen molar-refractivity contribution in [2.75, 3.05) is 13.2 Å². The lowest BCUT2D eigenvalue weighted by Gasteiger charge is -2.40. The molecule has 0 spiro atoms. The second-order valence-corrected chi connectivity index (χ2v) is 10.6. The van der Waals surface area contributed by atoms with E-state index in [0.717, 1.165) is 15.5 Å². The molecule has 5 nitrogen and oxygen atoms in total. The van der Waals surface area contributed by atoms with Gasteiger partial charge >= 0.3 is 10.8 Å². The van der Waals surface area contributed by atoms with Gasteiger partial charge < -0.3 is 14.5 Å². The highest BCUT2D eigenvalue weighted by atomic mass is 35.5. The quantitative estimate of drug-likeness (QED) is 0.668. The third-order valence-electron chi connectivity index (χ3n) is 6.42. The summed E-state index contributed by atoms with van der Waals surface area (Å²) in [5, 5.41) is 2.13. The van der Waals surface area contributed by atoms with Gasteiger partial charge in [-0.1, -0.05) is 22.9 Å². The Hall–Kier alpha value is -1.44. The number of rotatable bonds is 5. The van der Waals surface area contributed by atoms with Crippen molar-refractivity contribution in [3.05, 3.63) is 43.3 Å². The summed E-state index contributed by atoms with van der Waals surface area (Å²) in [4.78, 5) is 28.2. The van der Waals surface area contributed by atoms with E-state index in [1.807, 2.05) is 23.9 Å². The maximum atomic E-state index is 12.2. The molecule has 2 heterocycles. The largest absolute Gasteiger partial charge is 0.482 e. The minimum atomic E-state index is -0.391. The molecule has 5 rings (SSSR count). The van der Waals surface area contributed by atoms with Crippen molar-refractivity contribution in [2.24, 2.45) is 17.8 Å². The summed E-state index contributed by atoms with van der Waals surface area (Å²) in [6.45, 7) is 1.96. The molecule has 1 aromatic heterocycles. The second kappa shape index (κ2) is 7.67. The zero-order valence-corrected chi connectivity index (χ0v) is 18.4. The summed E-state index contributed by atoms with van der Waals surface area (Å²) in [6, 6.07) is 5.55. The van der Waals surface area contributed by atoms with Gasteiger partial charge in [0, 0.05) is 26.6 Å². The molecule has 1 N–H and O–H groups in total. The SMILES string of the molecule is CCOC(=O)COc1ccc(Cl)cc1[C@H]1c2sc(=O)[nH]c2SC2C3CCC(C3)C21. The van der Waals surface area contributed by atoms with Crippen LogP contribution in [0.3, 0.4) is 0 Å². The number of thioether (sulfide) groups is 1. The van der Waals surface area contributed by atoms with Crippen LogP contribution in [0.4, 0.5) is 0 Å². The van der Waals surface area contributed by atoms with Crippen LogP contribution < -0.4 is 9.61 Å². The van der Waals surface area contributed by atoms with E-state index in [-0.39, 0.29) is 17.4 Å². The molecule has 0 saturated heterocycles. The monoisotopic (exact) mass is 451 g/mol. The van der Waals surface area contributed by atoms with Gasteiger partial charge in [0.15, 0.2) is 6.61 Å². The molecule has 5 atom stereocenters. The fourth-order valence-electron chi connectivity index (χ4n) is 5.43. The Morgan fingerprint density at radius 1 is 1.31 bits per heavy atom. The average molecular weight is 452 g/mol. The smallest absolute Gasteiger partial charge is 0.344 e. The Labute approximate surface area is 182 Å². The summed E-state index contributed by atoms with van der Waals surface area (Å²) in [7, 11) is 0. The van der Waals surface area contributed by atoms with Gasteiger partial charge in [-0.15, -0.1) is 11.8 Å². The van der Waals surface area contributed by atoms with Gasteiger partial charge in [-0.3, -0.25) is 4.79 Å². The highest BCUT2D eigenvalue weighted by Crippen LogP contribution is 2.64. The lowest BCUT2D eigenvalue weighted by Crippen LogP contribution is -2.34. The maximum absolute atomic E-state index is 12.2. The van der Waals surface area contributed by atoms with Crippen molar-refractivity contribution in [1.82, 2.24) is 4.98 Å². The molecule has 8 heteroatoms. The molecule has 3 aliphatic rings. The molecule has 29 heavy (non-hydrogen) atoms. The molecule has 4 unspecified atom stereocenters. The van der Waals surface area contributed by atoms with Crippen molar-refractivity contribution in [3.63, 3.8) is 0 Å². The number of nitrogens with one attached hydrogen (secondary N) is 1. The van der Waals surface area contributed by atoms with Crippen molar-refractivity contribution in [3.8, 4) is 5.75 Å². The molecule has 1 aromatic carbocycles. The van der Waals surface area contributed by atoms with E-state index in [9.17, 15) is 9.59 Å². The number of ether oxygens (including phenoxy) is 2. The number of aromatic nitrogens is 1. The highest BCUT2D eigenvalue weighted by molar-refractivity contribution is 8.00. The standard InChI is InChI=1S/C21H22ClNO4S2/c1-2-26-15(24)9-27-14-6-5-12(22)8-13(14)17-16-10-3-4-11(7-10)18(16)28-20-19(17)29-21(25)23-20/h5-6,8,10-11,16-18H,2-4,7,9H2,1H3,(H,23,25)/t10?,11?,16?,17-,18?/m1/s1. The van der Waals surface area contributed by atoms with Gasteiger partial charge in [0.05, 0.1) is 11.6 Å². The molecule has 2 bridgehead atoms. The second-order valence-electron chi connectivity index (χ2n) is 7.95. The third-order valence-corrected chi connectivity index (χ3v) is 9.28. The van der Waals surface area contributed by atoms with E-state index in [0.29, 0.717) is 40.4 Å². The molecular formula is C21H22ClNO4S2. The first kappa shape index (κ1) is 19.5. The van der Waals surface area contributed by atoms with Crippen LogP contribution in [-0.2, 0) is 9.53 Å². The zero-order chi connectivity index (χ0) is 20.1. The minimum absolute atomic E-state index is 0.0177. The van der Waals surface area contributed by atoms with Gasteiger partial charge in [0.25, 0.3) is 0 Å². The van der Waals surface area contributed by atoms with Gasteiger partial charge in [0.2, 0.25) is 0 Å². The lowest BCUT2D eigenvalue weighted by molar-refractivity contribution is -0.145. The number of carbonyl (C=O) groups excluding carboxylic acids is 1. The van der Waals surface area contributed by atoms with Gasteiger partial charge in [0.1, 0.15) is 5.75 Å². The Morgan fingerprint density at radius 2 is 2.14 bits per heavy atom. The Kier molecular flexibility index (Phi) is 5.16. The first-order chi connectivity index (χ1) is 14.0. The van der Waals surface area contributed by atoms with Crippen molar-refractivity contribution in [1.29, 1.82) is 0 Å². The first-order valence-electron chi connectivity index (χ1n) is 10.0. The number of hydrogen-bond acceptors (Lipinski definition) is 6.